The molecule has 2 aromatic rings. The van der Waals surface area contributed by atoms with E-state index in [0.717, 1.165) is 5.82 Å². The number of hydrazine groups is 1. The second-order valence-corrected chi connectivity index (χ2v) is 3.78. The Hall–Kier alpha value is -1.79. The van der Waals surface area contributed by atoms with Gasteiger partial charge in [-0.05, 0) is 12.1 Å². The minimum atomic E-state index is -0.360. The number of nitrogens with zero attached hydrogens (tertiary/aromatic N) is 3. The molecule has 0 saturated carbocycles. The van der Waals surface area contributed by atoms with Crippen molar-refractivity contribution in [2.24, 2.45) is 12.9 Å². The highest BCUT2D eigenvalue weighted by Gasteiger charge is 2.14. The van der Waals surface area contributed by atoms with Gasteiger partial charge in [-0.15, -0.1) is 0 Å². The second-order valence-electron chi connectivity index (χ2n) is 3.78. The second kappa shape index (κ2) is 5.03. The van der Waals surface area contributed by atoms with E-state index in [1.165, 1.54) is 12.3 Å². The third-order valence-electron chi connectivity index (χ3n) is 2.62. The van der Waals surface area contributed by atoms with Crippen LogP contribution in [0.1, 0.15) is 17.6 Å². The lowest BCUT2D eigenvalue weighted by molar-refractivity contribution is 0.514. The highest BCUT2D eigenvalue weighted by atomic mass is 19.1. The van der Waals surface area contributed by atoms with Gasteiger partial charge in [-0.2, -0.15) is 0 Å². The summed E-state index contributed by atoms with van der Waals surface area (Å²) >= 11 is 0. The van der Waals surface area contributed by atoms with E-state index in [4.69, 9.17) is 5.84 Å². The van der Waals surface area contributed by atoms with E-state index in [9.17, 15) is 4.39 Å². The van der Waals surface area contributed by atoms with Gasteiger partial charge in [-0.1, -0.05) is 0 Å². The Balaban J connectivity index is 2.17. The van der Waals surface area contributed by atoms with E-state index in [-0.39, 0.29) is 11.9 Å². The van der Waals surface area contributed by atoms with Gasteiger partial charge in [0.1, 0.15) is 11.6 Å². The molecule has 1 unspecified atom stereocenters. The molecule has 0 aromatic carbocycles. The van der Waals surface area contributed by atoms with E-state index in [2.05, 4.69) is 15.4 Å². The molecule has 5 nitrogen and oxygen atoms in total. The Kier molecular flexibility index (Phi) is 3.46. The number of rotatable bonds is 4. The van der Waals surface area contributed by atoms with Gasteiger partial charge in [0.15, 0.2) is 0 Å². The van der Waals surface area contributed by atoms with Gasteiger partial charge in [0.05, 0.1) is 17.9 Å². The molecule has 0 spiro atoms. The quantitative estimate of drug-likeness (QED) is 0.604. The number of aryl methyl sites for hydroxylation is 1. The van der Waals surface area contributed by atoms with Crippen LogP contribution >= 0.6 is 0 Å². The van der Waals surface area contributed by atoms with Crippen LogP contribution in [0, 0.1) is 5.82 Å². The Morgan fingerprint density at radius 1 is 1.47 bits per heavy atom. The molecular weight excluding hydrogens is 221 g/mol. The predicted molar refractivity (Wildman–Crippen MR) is 61.2 cm³/mol. The van der Waals surface area contributed by atoms with Crippen molar-refractivity contribution in [3.63, 3.8) is 0 Å². The normalized spacial score (nSPS) is 12.6. The average molecular weight is 235 g/mol. The summed E-state index contributed by atoms with van der Waals surface area (Å²) in [5.74, 6) is 6.02. The number of pyridine rings is 1. The van der Waals surface area contributed by atoms with Crippen molar-refractivity contribution in [3.05, 3.63) is 48.1 Å². The molecule has 2 aromatic heterocycles. The summed E-state index contributed by atoms with van der Waals surface area (Å²) in [6.07, 6.45) is 5.36. The number of nitrogens with one attached hydrogen (secondary N) is 1. The highest BCUT2D eigenvalue weighted by molar-refractivity contribution is 5.12. The lowest BCUT2D eigenvalue weighted by atomic mass is 10.1. The zero-order valence-corrected chi connectivity index (χ0v) is 9.47. The first-order valence-electron chi connectivity index (χ1n) is 5.24. The van der Waals surface area contributed by atoms with Crippen LogP contribution in [0.4, 0.5) is 4.39 Å². The summed E-state index contributed by atoms with van der Waals surface area (Å²) in [5, 5.41) is 0. The topological polar surface area (TPSA) is 68.8 Å². The maximum Gasteiger partial charge on any atom is 0.141 e. The molecule has 90 valence electrons. The third-order valence-corrected chi connectivity index (χ3v) is 2.62. The fourth-order valence-corrected chi connectivity index (χ4v) is 1.62. The number of nitrogens with two attached hydrogens (primary N) is 1. The maximum absolute atomic E-state index is 12.8. The molecule has 0 radical (unpaired) electrons. The highest BCUT2D eigenvalue weighted by Crippen LogP contribution is 2.14. The molecule has 2 heterocycles. The lowest BCUT2D eigenvalue weighted by Crippen LogP contribution is -2.31. The number of aromatic nitrogens is 3. The van der Waals surface area contributed by atoms with Crippen molar-refractivity contribution in [1.82, 2.24) is 20.0 Å². The van der Waals surface area contributed by atoms with E-state index in [1.54, 1.807) is 12.3 Å². The van der Waals surface area contributed by atoms with Crippen molar-refractivity contribution in [3.8, 4) is 0 Å². The van der Waals surface area contributed by atoms with Crippen LogP contribution in [0.15, 0.2) is 30.7 Å². The molecule has 0 saturated heterocycles. The zero-order chi connectivity index (χ0) is 12.3. The fraction of sp³-hybridized carbons (Fsp3) is 0.273. The number of imidazole rings is 1. The van der Waals surface area contributed by atoms with Crippen molar-refractivity contribution >= 4 is 0 Å². The van der Waals surface area contributed by atoms with Gasteiger partial charge < -0.3 is 4.57 Å². The molecule has 0 amide bonds. The lowest BCUT2D eigenvalue weighted by Gasteiger charge is -2.14. The minimum absolute atomic E-state index is 0.184. The van der Waals surface area contributed by atoms with Gasteiger partial charge in [0, 0.05) is 25.9 Å². The molecular formula is C11H14FN5. The van der Waals surface area contributed by atoms with Crippen molar-refractivity contribution in [2.75, 3.05) is 0 Å². The Labute approximate surface area is 98.5 Å². The van der Waals surface area contributed by atoms with Crippen LogP contribution in [0.25, 0.3) is 0 Å². The van der Waals surface area contributed by atoms with Crippen LogP contribution in [0.2, 0.25) is 0 Å². The van der Waals surface area contributed by atoms with Crippen molar-refractivity contribution < 1.29 is 4.39 Å². The minimum Gasteiger partial charge on any atom is -0.338 e. The molecule has 0 aliphatic heterocycles. The maximum atomic E-state index is 12.8. The molecule has 6 heteroatoms. The smallest absolute Gasteiger partial charge is 0.141 e. The number of hydrogen-bond acceptors (Lipinski definition) is 4. The van der Waals surface area contributed by atoms with Gasteiger partial charge >= 0.3 is 0 Å². The largest absolute Gasteiger partial charge is 0.338 e. The summed E-state index contributed by atoms with van der Waals surface area (Å²) in [5.41, 5.74) is 3.36. The SMILES string of the molecule is Cn1ccnc1CC(NN)c1ccc(F)cn1. The standard InChI is InChI=1S/C11H14FN5/c1-17-5-4-14-11(17)6-10(16-13)9-3-2-8(12)7-15-9/h2-5,7,10,16H,6,13H2,1H3. The first-order chi connectivity index (χ1) is 8.20. The van der Waals surface area contributed by atoms with Crippen molar-refractivity contribution in [2.45, 2.75) is 12.5 Å². The van der Waals surface area contributed by atoms with Gasteiger partial charge in [0.2, 0.25) is 0 Å². The van der Waals surface area contributed by atoms with Crippen molar-refractivity contribution in [1.29, 1.82) is 0 Å². The monoisotopic (exact) mass is 235 g/mol. The summed E-state index contributed by atoms with van der Waals surface area (Å²) in [6, 6.07) is 2.80. The van der Waals surface area contributed by atoms with Crippen LogP contribution in [0.5, 0.6) is 0 Å². The number of halogens is 1. The van der Waals surface area contributed by atoms with Gasteiger partial charge in [0.25, 0.3) is 0 Å². The summed E-state index contributed by atoms with van der Waals surface area (Å²) in [4.78, 5) is 8.22. The summed E-state index contributed by atoms with van der Waals surface area (Å²) in [7, 11) is 1.91. The van der Waals surface area contributed by atoms with Crippen LogP contribution in [-0.2, 0) is 13.5 Å². The molecule has 0 fully saturated rings. The summed E-state index contributed by atoms with van der Waals surface area (Å²) < 4.78 is 14.7. The molecule has 0 bridgehead atoms. The van der Waals surface area contributed by atoms with Crippen LogP contribution in [0.3, 0.4) is 0 Å². The Morgan fingerprint density at radius 3 is 2.82 bits per heavy atom. The third kappa shape index (κ3) is 2.66. The van der Waals surface area contributed by atoms with Gasteiger partial charge in [-0.3, -0.25) is 16.3 Å². The fourth-order valence-electron chi connectivity index (χ4n) is 1.62. The van der Waals surface area contributed by atoms with E-state index < -0.39 is 0 Å². The molecule has 2 rings (SSSR count). The first-order valence-corrected chi connectivity index (χ1v) is 5.24. The summed E-state index contributed by atoms with van der Waals surface area (Å²) in [6.45, 7) is 0. The Morgan fingerprint density at radius 2 is 2.29 bits per heavy atom. The average Bonchev–Trinajstić information content (AvgIpc) is 2.73. The molecule has 0 aliphatic rings. The predicted octanol–water partition coefficient (Wildman–Crippen LogP) is 0.701. The molecule has 1 atom stereocenters. The van der Waals surface area contributed by atoms with Crippen LogP contribution in [-0.4, -0.2) is 14.5 Å². The molecule has 3 N–H and O–H groups in total. The van der Waals surface area contributed by atoms with Gasteiger partial charge in [-0.25, -0.2) is 9.37 Å². The van der Waals surface area contributed by atoms with E-state index in [1.807, 2.05) is 17.8 Å². The van der Waals surface area contributed by atoms with Crippen LogP contribution < -0.4 is 11.3 Å². The van der Waals surface area contributed by atoms with E-state index >= 15 is 0 Å². The number of hydrogen-bond donors (Lipinski definition) is 2. The Bertz CT molecular complexity index is 479. The zero-order valence-electron chi connectivity index (χ0n) is 9.47. The molecule has 0 aliphatic carbocycles. The van der Waals surface area contributed by atoms with E-state index in [0.29, 0.717) is 12.1 Å². The molecule has 17 heavy (non-hydrogen) atoms. The first kappa shape index (κ1) is 11.7.